The monoisotopic (exact) mass is 440 g/mol. The first kappa shape index (κ1) is 22.5. The molecule has 0 spiro atoms. The first-order valence-corrected chi connectivity index (χ1v) is 9.07. The van der Waals surface area contributed by atoms with Crippen LogP contribution in [-0.2, 0) is 11.6 Å². The molecule has 0 atom stereocenters. The lowest BCUT2D eigenvalue weighted by molar-refractivity contribution is -0.166. The zero-order chi connectivity index (χ0) is 22.9. The van der Waals surface area contributed by atoms with E-state index in [0.29, 0.717) is 23.6 Å². The van der Waals surface area contributed by atoms with Crippen LogP contribution in [0.2, 0.25) is 0 Å². The number of hydrogen-bond donors (Lipinski definition) is 0. The van der Waals surface area contributed by atoms with Crippen molar-refractivity contribution in [3.63, 3.8) is 0 Å². The molecule has 3 aromatic rings. The zero-order valence-corrected chi connectivity index (χ0v) is 16.5. The Labute approximate surface area is 175 Å². The van der Waals surface area contributed by atoms with Crippen molar-refractivity contribution < 1.29 is 35.8 Å². The molecule has 0 unspecified atom stereocenters. The van der Waals surface area contributed by atoms with E-state index < -0.39 is 23.3 Å². The van der Waals surface area contributed by atoms with E-state index in [-0.39, 0.29) is 16.7 Å². The molecule has 0 aliphatic carbocycles. The SMILES string of the molecule is COc1ccc(C(c2ccc(OC)cc2)(c2ccc(C(F)(F)F)cc2)C(F)(F)F)cc1. The Morgan fingerprint density at radius 1 is 0.484 bits per heavy atom. The molecule has 0 amide bonds. The Bertz CT molecular complexity index is 957. The maximum Gasteiger partial charge on any atom is 0.416 e. The number of halogens is 6. The highest BCUT2D eigenvalue weighted by molar-refractivity contribution is 5.54. The molecule has 3 rings (SSSR count). The van der Waals surface area contributed by atoms with Gasteiger partial charge in [0.05, 0.1) is 19.8 Å². The predicted octanol–water partition coefficient (Wildman–Crippen LogP) is 6.62. The van der Waals surface area contributed by atoms with Crippen LogP contribution in [-0.4, -0.2) is 20.4 Å². The summed E-state index contributed by atoms with van der Waals surface area (Å²) in [6.45, 7) is 0. The second-order valence-corrected chi connectivity index (χ2v) is 6.78. The van der Waals surface area contributed by atoms with Gasteiger partial charge in [-0.2, -0.15) is 26.3 Å². The number of rotatable bonds is 5. The van der Waals surface area contributed by atoms with Gasteiger partial charge in [-0.15, -0.1) is 0 Å². The van der Waals surface area contributed by atoms with Crippen molar-refractivity contribution in [3.05, 3.63) is 95.1 Å². The number of alkyl halides is 6. The second-order valence-electron chi connectivity index (χ2n) is 6.78. The van der Waals surface area contributed by atoms with E-state index in [1.807, 2.05) is 0 Å². The van der Waals surface area contributed by atoms with E-state index >= 15 is 0 Å². The molecule has 0 heterocycles. The van der Waals surface area contributed by atoms with Crippen LogP contribution in [0.25, 0.3) is 0 Å². The number of hydrogen-bond acceptors (Lipinski definition) is 2. The van der Waals surface area contributed by atoms with Gasteiger partial charge in [-0.1, -0.05) is 36.4 Å². The van der Waals surface area contributed by atoms with Crippen LogP contribution in [0.1, 0.15) is 22.3 Å². The van der Waals surface area contributed by atoms with Gasteiger partial charge >= 0.3 is 12.4 Å². The number of methoxy groups -OCH3 is 2. The normalized spacial score (nSPS) is 12.5. The quantitative estimate of drug-likeness (QED) is 0.328. The molecule has 2 nitrogen and oxygen atoms in total. The largest absolute Gasteiger partial charge is 0.497 e. The van der Waals surface area contributed by atoms with Crippen molar-refractivity contribution in [2.45, 2.75) is 17.8 Å². The average molecular weight is 440 g/mol. The summed E-state index contributed by atoms with van der Waals surface area (Å²) in [6.07, 6.45) is -9.55. The summed E-state index contributed by atoms with van der Waals surface area (Å²) in [7, 11) is 2.76. The molecular weight excluding hydrogens is 422 g/mol. The fourth-order valence-corrected chi connectivity index (χ4v) is 3.58. The topological polar surface area (TPSA) is 18.5 Å². The van der Waals surface area contributed by atoms with Crippen molar-refractivity contribution in [1.29, 1.82) is 0 Å². The maximum atomic E-state index is 14.8. The lowest BCUT2D eigenvalue weighted by atomic mass is 9.68. The fraction of sp³-hybridized carbons (Fsp3) is 0.217. The van der Waals surface area contributed by atoms with E-state index in [4.69, 9.17) is 9.47 Å². The second kappa shape index (κ2) is 8.17. The summed E-state index contributed by atoms with van der Waals surface area (Å²) >= 11 is 0. The van der Waals surface area contributed by atoms with Gasteiger partial charge in [0.2, 0.25) is 0 Å². The fourth-order valence-electron chi connectivity index (χ4n) is 3.58. The van der Waals surface area contributed by atoms with E-state index in [1.165, 1.54) is 62.8 Å². The van der Waals surface area contributed by atoms with E-state index in [2.05, 4.69) is 0 Å². The van der Waals surface area contributed by atoms with Crippen LogP contribution in [0.3, 0.4) is 0 Å². The van der Waals surface area contributed by atoms with Crippen LogP contribution in [0.15, 0.2) is 72.8 Å². The highest BCUT2D eigenvalue weighted by Gasteiger charge is 2.58. The molecule has 8 heteroatoms. The molecular formula is C23H18F6O2. The van der Waals surface area contributed by atoms with Gasteiger partial charge in [-0.25, -0.2) is 0 Å². The molecule has 0 N–H and O–H groups in total. The molecule has 0 aromatic heterocycles. The first-order chi connectivity index (χ1) is 14.5. The van der Waals surface area contributed by atoms with Crippen LogP contribution < -0.4 is 9.47 Å². The minimum absolute atomic E-state index is 0.161. The van der Waals surface area contributed by atoms with Crippen LogP contribution >= 0.6 is 0 Å². The molecule has 0 aliphatic heterocycles. The number of benzene rings is 3. The smallest absolute Gasteiger partial charge is 0.416 e. The highest BCUT2D eigenvalue weighted by Crippen LogP contribution is 2.52. The zero-order valence-electron chi connectivity index (χ0n) is 16.5. The molecule has 0 radical (unpaired) electrons. The van der Waals surface area contributed by atoms with Crippen molar-refractivity contribution in [2.24, 2.45) is 0 Å². The van der Waals surface area contributed by atoms with E-state index in [9.17, 15) is 26.3 Å². The van der Waals surface area contributed by atoms with Gasteiger partial charge < -0.3 is 9.47 Å². The van der Waals surface area contributed by atoms with Crippen LogP contribution in [0, 0.1) is 0 Å². The van der Waals surface area contributed by atoms with Crippen molar-refractivity contribution in [1.82, 2.24) is 0 Å². The summed E-state index contributed by atoms with van der Waals surface area (Å²) in [6, 6.07) is 13.6. The Balaban J connectivity index is 2.33. The van der Waals surface area contributed by atoms with Gasteiger partial charge in [-0.3, -0.25) is 0 Å². The summed E-state index contributed by atoms with van der Waals surface area (Å²) in [5.74, 6) is 0.698. The van der Waals surface area contributed by atoms with Crippen LogP contribution in [0.4, 0.5) is 26.3 Å². The molecule has 0 fully saturated rings. The summed E-state index contributed by atoms with van der Waals surface area (Å²) < 4.78 is 93.7. The summed E-state index contributed by atoms with van der Waals surface area (Å²) in [4.78, 5) is 0. The van der Waals surface area contributed by atoms with Gasteiger partial charge in [0.15, 0.2) is 0 Å². The van der Waals surface area contributed by atoms with E-state index in [0.717, 1.165) is 12.1 Å². The number of ether oxygens (including phenoxy) is 2. The third-order valence-corrected chi connectivity index (χ3v) is 5.12. The summed E-state index contributed by atoms with van der Waals surface area (Å²) in [5.41, 5.74) is -4.41. The average Bonchev–Trinajstić information content (AvgIpc) is 2.74. The molecule has 164 valence electrons. The van der Waals surface area contributed by atoms with Gasteiger partial charge in [-0.05, 0) is 53.1 Å². The minimum Gasteiger partial charge on any atom is -0.497 e. The molecule has 3 aromatic carbocycles. The highest BCUT2D eigenvalue weighted by atomic mass is 19.4. The Kier molecular flexibility index (Phi) is 5.93. The van der Waals surface area contributed by atoms with Crippen molar-refractivity contribution in [3.8, 4) is 11.5 Å². The molecule has 0 saturated heterocycles. The van der Waals surface area contributed by atoms with Gasteiger partial charge in [0, 0.05) is 0 Å². The molecule has 0 saturated carbocycles. The molecule has 0 aliphatic rings. The molecule has 0 bridgehead atoms. The Hall–Kier alpha value is -3.16. The van der Waals surface area contributed by atoms with Gasteiger partial charge in [0.25, 0.3) is 0 Å². The lowest BCUT2D eigenvalue weighted by Crippen LogP contribution is -2.44. The molecule has 31 heavy (non-hydrogen) atoms. The Morgan fingerprint density at radius 3 is 1.03 bits per heavy atom. The third-order valence-electron chi connectivity index (χ3n) is 5.12. The standard InChI is InChI=1S/C23H18F6O2/c1-30-19-11-7-16(8-12-19)21(23(27,28)29,17-9-13-20(31-2)14-10-17)15-3-5-18(6-4-15)22(24,25)26/h3-14H,1-2H3. The Morgan fingerprint density at radius 2 is 0.774 bits per heavy atom. The predicted molar refractivity (Wildman–Crippen MR) is 103 cm³/mol. The first-order valence-electron chi connectivity index (χ1n) is 9.07. The van der Waals surface area contributed by atoms with Crippen molar-refractivity contribution in [2.75, 3.05) is 14.2 Å². The van der Waals surface area contributed by atoms with E-state index in [1.54, 1.807) is 0 Å². The maximum absolute atomic E-state index is 14.8. The van der Waals surface area contributed by atoms with Gasteiger partial charge in [0.1, 0.15) is 16.9 Å². The van der Waals surface area contributed by atoms with Crippen molar-refractivity contribution >= 4 is 0 Å². The summed E-state index contributed by atoms with van der Waals surface area (Å²) in [5, 5.41) is 0. The lowest BCUT2D eigenvalue weighted by Gasteiger charge is -2.37. The minimum atomic E-state index is -4.88. The third kappa shape index (κ3) is 4.06. The van der Waals surface area contributed by atoms with Crippen LogP contribution in [0.5, 0.6) is 11.5 Å².